The number of hydrazine groups is 1. The number of nitrogens with one attached hydrogen (secondary N) is 1. The normalized spacial score (nSPS) is 12.4. The zero-order valence-corrected chi connectivity index (χ0v) is 12.6. The average molecular weight is 346 g/mol. The highest BCUT2D eigenvalue weighted by molar-refractivity contribution is 9.10. The molecule has 1 aromatic carbocycles. The molecule has 1 heterocycles. The Labute approximate surface area is 124 Å². The molecule has 0 saturated heterocycles. The van der Waals surface area contributed by atoms with Crippen LogP contribution in [0.3, 0.4) is 0 Å². The molecule has 0 spiro atoms. The van der Waals surface area contributed by atoms with E-state index in [1.54, 1.807) is 23.0 Å². The number of rotatable bonds is 5. The first-order valence-corrected chi connectivity index (χ1v) is 6.81. The van der Waals surface area contributed by atoms with E-state index in [-0.39, 0.29) is 6.04 Å². The van der Waals surface area contributed by atoms with Gasteiger partial charge < -0.3 is 4.74 Å². The molecule has 0 fully saturated rings. The maximum Gasteiger partial charge on any atom is 0.119 e. The highest BCUT2D eigenvalue weighted by Gasteiger charge is 2.18. The van der Waals surface area contributed by atoms with Crippen LogP contribution < -0.4 is 16.0 Å². The van der Waals surface area contributed by atoms with E-state index >= 15 is 0 Å². The van der Waals surface area contributed by atoms with Crippen molar-refractivity contribution in [1.82, 2.24) is 15.2 Å². The lowest BCUT2D eigenvalue weighted by atomic mass is 10.2. The van der Waals surface area contributed by atoms with Crippen molar-refractivity contribution < 1.29 is 4.74 Å². The van der Waals surface area contributed by atoms with Crippen LogP contribution in [-0.4, -0.2) is 16.4 Å². The fraction of sp³-hybridized carbons (Fsp3) is 0.250. The molecule has 0 aliphatic heterocycles. The van der Waals surface area contributed by atoms with Crippen molar-refractivity contribution >= 4 is 27.5 Å². The van der Waals surface area contributed by atoms with Crippen LogP contribution in [0, 0.1) is 0 Å². The minimum atomic E-state index is -0.169. The van der Waals surface area contributed by atoms with Gasteiger partial charge in [0, 0.05) is 12.1 Å². The number of halogens is 2. The molecular formula is C12H14BrClN4O. The smallest absolute Gasteiger partial charge is 0.119 e. The van der Waals surface area contributed by atoms with E-state index in [0.29, 0.717) is 11.6 Å². The van der Waals surface area contributed by atoms with E-state index in [1.807, 2.05) is 19.2 Å². The predicted molar refractivity (Wildman–Crippen MR) is 77.9 cm³/mol. The Kier molecular flexibility index (Phi) is 4.81. The van der Waals surface area contributed by atoms with Crippen LogP contribution in [0.2, 0.25) is 5.02 Å². The van der Waals surface area contributed by atoms with Crippen molar-refractivity contribution in [3.63, 3.8) is 0 Å². The number of nitrogens with zero attached hydrogens (tertiary/aromatic N) is 2. The van der Waals surface area contributed by atoms with Crippen LogP contribution in [0.4, 0.5) is 0 Å². The Bertz CT molecular complexity index is 524. The van der Waals surface area contributed by atoms with E-state index in [9.17, 15) is 0 Å². The van der Waals surface area contributed by atoms with Gasteiger partial charge in [-0.05, 0) is 40.2 Å². The van der Waals surface area contributed by atoms with Crippen LogP contribution in [0.5, 0.6) is 5.75 Å². The van der Waals surface area contributed by atoms with Gasteiger partial charge in [-0.1, -0.05) is 11.6 Å². The third-order valence-corrected chi connectivity index (χ3v) is 3.56. The standard InChI is InChI=1S/C12H14BrClN4O/c1-18-12(10(13)6-16-18)11(17-15)7-19-9-4-2-8(14)3-5-9/h2-6,11,17H,7,15H2,1H3. The monoisotopic (exact) mass is 344 g/mol. The number of benzene rings is 1. The molecule has 3 N–H and O–H groups in total. The molecule has 102 valence electrons. The van der Waals surface area contributed by atoms with Crippen molar-refractivity contribution in [3.05, 3.63) is 45.7 Å². The Balaban J connectivity index is 2.06. The number of hydrogen-bond acceptors (Lipinski definition) is 4. The fourth-order valence-electron chi connectivity index (χ4n) is 1.73. The average Bonchev–Trinajstić information content (AvgIpc) is 2.73. The summed E-state index contributed by atoms with van der Waals surface area (Å²) in [5, 5.41) is 4.83. The topological polar surface area (TPSA) is 65.1 Å². The Hall–Kier alpha value is -1.08. The van der Waals surface area contributed by atoms with Gasteiger partial charge in [0.1, 0.15) is 12.4 Å². The largest absolute Gasteiger partial charge is 0.491 e. The number of ether oxygens (including phenoxy) is 1. The van der Waals surface area contributed by atoms with Crippen LogP contribution >= 0.6 is 27.5 Å². The van der Waals surface area contributed by atoms with E-state index in [1.165, 1.54) is 0 Å². The number of aryl methyl sites for hydroxylation is 1. The quantitative estimate of drug-likeness (QED) is 0.645. The lowest BCUT2D eigenvalue weighted by Gasteiger charge is -2.17. The number of nitrogens with two attached hydrogens (primary N) is 1. The van der Waals surface area contributed by atoms with E-state index < -0.39 is 0 Å². The summed E-state index contributed by atoms with van der Waals surface area (Å²) in [6.07, 6.45) is 1.72. The fourth-order valence-corrected chi connectivity index (χ4v) is 2.48. The summed E-state index contributed by atoms with van der Waals surface area (Å²) in [4.78, 5) is 0. The van der Waals surface area contributed by atoms with Gasteiger partial charge in [0.15, 0.2) is 0 Å². The molecule has 1 atom stereocenters. The van der Waals surface area contributed by atoms with Gasteiger partial charge in [0.2, 0.25) is 0 Å². The summed E-state index contributed by atoms with van der Waals surface area (Å²) < 4.78 is 8.32. The molecule has 7 heteroatoms. The second-order valence-corrected chi connectivity index (χ2v) is 5.28. The molecule has 0 amide bonds. The molecule has 0 saturated carbocycles. The first-order valence-electron chi connectivity index (χ1n) is 5.63. The minimum Gasteiger partial charge on any atom is -0.491 e. The summed E-state index contributed by atoms with van der Waals surface area (Å²) >= 11 is 9.26. The second-order valence-electron chi connectivity index (χ2n) is 3.99. The second kappa shape index (κ2) is 6.38. The zero-order valence-electron chi connectivity index (χ0n) is 10.3. The third kappa shape index (κ3) is 3.48. The third-order valence-electron chi connectivity index (χ3n) is 2.70. The molecule has 2 aromatic rings. The molecule has 0 radical (unpaired) electrons. The molecule has 19 heavy (non-hydrogen) atoms. The van der Waals surface area contributed by atoms with Crippen LogP contribution in [0.1, 0.15) is 11.7 Å². The first-order chi connectivity index (χ1) is 9.11. The maximum absolute atomic E-state index is 5.82. The molecule has 0 aliphatic rings. The molecular weight excluding hydrogens is 332 g/mol. The summed E-state index contributed by atoms with van der Waals surface area (Å²) in [7, 11) is 1.85. The first kappa shape index (κ1) is 14.3. The molecule has 0 aliphatic carbocycles. The van der Waals surface area contributed by atoms with Gasteiger partial charge in [-0.25, -0.2) is 5.43 Å². The maximum atomic E-state index is 5.82. The Morgan fingerprint density at radius 1 is 1.47 bits per heavy atom. The SMILES string of the molecule is Cn1ncc(Br)c1C(COc1ccc(Cl)cc1)NN. The highest BCUT2D eigenvalue weighted by atomic mass is 79.9. The summed E-state index contributed by atoms with van der Waals surface area (Å²) in [5.74, 6) is 6.32. The van der Waals surface area contributed by atoms with Crippen molar-refractivity contribution in [3.8, 4) is 5.75 Å². The Morgan fingerprint density at radius 2 is 2.16 bits per heavy atom. The zero-order chi connectivity index (χ0) is 13.8. The van der Waals surface area contributed by atoms with E-state index in [0.717, 1.165) is 15.9 Å². The van der Waals surface area contributed by atoms with Crippen molar-refractivity contribution in [2.45, 2.75) is 6.04 Å². The van der Waals surface area contributed by atoms with Gasteiger partial charge in [-0.2, -0.15) is 5.10 Å². The highest BCUT2D eigenvalue weighted by Crippen LogP contribution is 2.23. The molecule has 5 nitrogen and oxygen atoms in total. The van der Waals surface area contributed by atoms with E-state index in [4.69, 9.17) is 22.2 Å². The van der Waals surface area contributed by atoms with Crippen molar-refractivity contribution in [2.75, 3.05) is 6.61 Å². The van der Waals surface area contributed by atoms with Gasteiger partial charge >= 0.3 is 0 Å². The number of aromatic nitrogens is 2. The van der Waals surface area contributed by atoms with Crippen molar-refractivity contribution in [2.24, 2.45) is 12.9 Å². The van der Waals surface area contributed by atoms with Crippen LogP contribution in [-0.2, 0) is 7.05 Å². The summed E-state index contributed by atoms with van der Waals surface area (Å²) in [5.41, 5.74) is 3.65. The van der Waals surface area contributed by atoms with Crippen LogP contribution in [0.15, 0.2) is 34.9 Å². The van der Waals surface area contributed by atoms with E-state index in [2.05, 4.69) is 26.5 Å². The molecule has 1 unspecified atom stereocenters. The van der Waals surface area contributed by atoms with Crippen molar-refractivity contribution in [1.29, 1.82) is 0 Å². The lowest BCUT2D eigenvalue weighted by Crippen LogP contribution is -2.34. The minimum absolute atomic E-state index is 0.169. The summed E-state index contributed by atoms with van der Waals surface area (Å²) in [6.45, 7) is 0.385. The van der Waals surface area contributed by atoms with Gasteiger partial charge in [-0.15, -0.1) is 0 Å². The predicted octanol–water partition coefficient (Wildman–Crippen LogP) is 2.42. The molecule has 0 bridgehead atoms. The van der Waals surface area contributed by atoms with Gasteiger partial charge in [0.05, 0.1) is 22.4 Å². The van der Waals surface area contributed by atoms with Gasteiger partial charge in [-0.3, -0.25) is 10.5 Å². The molecule has 1 aromatic heterocycles. The van der Waals surface area contributed by atoms with Gasteiger partial charge in [0.25, 0.3) is 0 Å². The molecule has 2 rings (SSSR count). The number of hydrogen-bond donors (Lipinski definition) is 2. The Morgan fingerprint density at radius 3 is 2.68 bits per heavy atom. The summed E-state index contributed by atoms with van der Waals surface area (Å²) in [6, 6.07) is 7.02. The van der Waals surface area contributed by atoms with Crippen LogP contribution in [0.25, 0.3) is 0 Å². The lowest BCUT2D eigenvalue weighted by molar-refractivity contribution is 0.261.